The molecule has 2 aromatic carbocycles. The Bertz CT molecular complexity index is 599. The number of hydrogen-bond donors (Lipinski definition) is 2. The number of anilines is 2. The minimum absolute atomic E-state index is 0.0894. The average Bonchev–Trinajstić information content (AvgIpc) is 2.49. The summed E-state index contributed by atoms with van der Waals surface area (Å²) in [4.78, 5) is 11.9. The SMILES string of the molecule is CCOc1ccccc1NC(=O)CNc1ccc(F)cc1. The predicted octanol–water partition coefficient (Wildman–Crippen LogP) is 3.28. The molecule has 0 radical (unpaired) electrons. The summed E-state index contributed by atoms with van der Waals surface area (Å²) in [6.45, 7) is 2.50. The monoisotopic (exact) mass is 288 g/mol. The molecular formula is C16H17FN2O2. The first kappa shape index (κ1) is 14.8. The second-order valence-electron chi connectivity index (χ2n) is 4.34. The van der Waals surface area contributed by atoms with Gasteiger partial charge in [-0.2, -0.15) is 0 Å². The van der Waals surface area contributed by atoms with Crippen LogP contribution in [-0.2, 0) is 4.79 Å². The maximum Gasteiger partial charge on any atom is 0.243 e. The van der Waals surface area contributed by atoms with Gasteiger partial charge in [0.2, 0.25) is 5.91 Å². The van der Waals surface area contributed by atoms with Gasteiger partial charge in [0.05, 0.1) is 18.8 Å². The highest BCUT2D eigenvalue weighted by molar-refractivity contribution is 5.95. The van der Waals surface area contributed by atoms with E-state index in [1.807, 2.05) is 19.1 Å². The van der Waals surface area contributed by atoms with E-state index in [0.717, 1.165) is 0 Å². The van der Waals surface area contributed by atoms with Crippen molar-refractivity contribution in [1.82, 2.24) is 0 Å². The van der Waals surface area contributed by atoms with Crippen molar-refractivity contribution < 1.29 is 13.9 Å². The molecule has 4 nitrogen and oxygen atoms in total. The molecule has 2 N–H and O–H groups in total. The van der Waals surface area contributed by atoms with E-state index in [0.29, 0.717) is 23.7 Å². The van der Waals surface area contributed by atoms with Gasteiger partial charge in [0, 0.05) is 5.69 Å². The Kier molecular flexibility index (Phi) is 5.15. The highest BCUT2D eigenvalue weighted by Gasteiger charge is 2.07. The van der Waals surface area contributed by atoms with Crippen LogP contribution in [0.5, 0.6) is 5.75 Å². The number of halogens is 1. The third-order valence-corrected chi connectivity index (χ3v) is 2.76. The molecule has 0 atom stereocenters. The summed E-state index contributed by atoms with van der Waals surface area (Å²) in [5.41, 5.74) is 1.31. The second kappa shape index (κ2) is 7.28. The Balaban J connectivity index is 1.91. The van der Waals surface area contributed by atoms with Crippen molar-refractivity contribution in [2.75, 3.05) is 23.8 Å². The number of carbonyl (C=O) groups is 1. The normalized spacial score (nSPS) is 10.0. The molecule has 0 aliphatic heterocycles. The quantitative estimate of drug-likeness (QED) is 0.857. The fourth-order valence-electron chi connectivity index (χ4n) is 1.80. The van der Waals surface area contributed by atoms with Gasteiger partial charge in [0.1, 0.15) is 11.6 Å². The van der Waals surface area contributed by atoms with Crippen LogP contribution in [0.15, 0.2) is 48.5 Å². The van der Waals surface area contributed by atoms with Crippen molar-refractivity contribution in [3.8, 4) is 5.75 Å². The van der Waals surface area contributed by atoms with Crippen molar-refractivity contribution in [2.24, 2.45) is 0 Å². The minimum atomic E-state index is -0.310. The van der Waals surface area contributed by atoms with E-state index in [9.17, 15) is 9.18 Å². The standard InChI is InChI=1S/C16H17FN2O2/c1-2-21-15-6-4-3-5-14(15)19-16(20)11-18-13-9-7-12(17)8-10-13/h3-10,18H,2,11H2,1H3,(H,19,20). The lowest BCUT2D eigenvalue weighted by atomic mass is 10.3. The third kappa shape index (κ3) is 4.49. The molecular weight excluding hydrogens is 271 g/mol. The summed E-state index contributed by atoms with van der Waals surface area (Å²) in [6.07, 6.45) is 0. The Morgan fingerprint density at radius 3 is 2.57 bits per heavy atom. The zero-order valence-corrected chi connectivity index (χ0v) is 11.7. The van der Waals surface area contributed by atoms with E-state index >= 15 is 0 Å². The van der Waals surface area contributed by atoms with Crippen LogP contribution in [0.1, 0.15) is 6.92 Å². The first-order valence-electron chi connectivity index (χ1n) is 6.70. The van der Waals surface area contributed by atoms with Crippen molar-refractivity contribution >= 4 is 17.3 Å². The van der Waals surface area contributed by atoms with Crippen LogP contribution in [0.4, 0.5) is 15.8 Å². The van der Waals surface area contributed by atoms with E-state index in [1.54, 1.807) is 24.3 Å². The molecule has 110 valence electrons. The maximum atomic E-state index is 12.8. The Labute approximate surface area is 122 Å². The lowest BCUT2D eigenvalue weighted by Crippen LogP contribution is -2.22. The van der Waals surface area contributed by atoms with Crippen LogP contribution in [0.2, 0.25) is 0 Å². The van der Waals surface area contributed by atoms with Crippen LogP contribution >= 0.6 is 0 Å². The van der Waals surface area contributed by atoms with Crippen molar-refractivity contribution in [2.45, 2.75) is 6.92 Å². The number of rotatable bonds is 6. The molecule has 0 aromatic heterocycles. The van der Waals surface area contributed by atoms with E-state index in [4.69, 9.17) is 4.74 Å². The molecule has 0 unspecified atom stereocenters. The van der Waals surface area contributed by atoms with Crippen molar-refractivity contribution in [3.05, 3.63) is 54.3 Å². The topological polar surface area (TPSA) is 50.4 Å². The summed E-state index contributed by atoms with van der Waals surface area (Å²) in [6, 6.07) is 13.1. The van der Waals surface area contributed by atoms with Gasteiger partial charge in [-0.3, -0.25) is 4.79 Å². The van der Waals surface area contributed by atoms with E-state index in [2.05, 4.69) is 10.6 Å². The number of ether oxygens (including phenoxy) is 1. The molecule has 2 aromatic rings. The highest BCUT2D eigenvalue weighted by Crippen LogP contribution is 2.23. The van der Waals surface area contributed by atoms with E-state index in [1.165, 1.54) is 12.1 Å². The summed E-state index contributed by atoms with van der Waals surface area (Å²) >= 11 is 0. The van der Waals surface area contributed by atoms with Gasteiger partial charge >= 0.3 is 0 Å². The molecule has 1 amide bonds. The third-order valence-electron chi connectivity index (χ3n) is 2.76. The smallest absolute Gasteiger partial charge is 0.243 e. The van der Waals surface area contributed by atoms with Gasteiger partial charge in [-0.05, 0) is 43.3 Å². The highest BCUT2D eigenvalue weighted by atomic mass is 19.1. The van der Waals surface area contributed by atoms with Crippen LogP contribution in [0.25, 0.3) is 0 Å². The summed E-state index contributed by atoms with van der Waals surface area (Å²) in [7, 11) is 0. The molecule has 0 fully saturated rings. The number of para-hydroxylation sites is 2. The second-order valence-corrected chi connectivity index (χ2v) is 4.34. The van der Waals surface area contributed by atoms with Gasteiger partial charge in [-0.15, -0.1) is 0 Å². The number of amides is 1. The molecule has 0 bridgehead atoms. The van der Waals surface area contributed by atoms with Gasteiger partial charge in [0.15, 0.2) is 0 Å². The molecule has 0 heterocycles. The largest absolute Gasteiger partial charge is 0.492 e. The van der Waals surface area contributed by atoms with Gasteiger partial charge < -0.3 is 15.4 Å². The Morgan fingerprint density at radius 1 is 1.14 bits per heavy atom. The van der Waals surface area contributed by atoms with Crippen LogP contribution in [0.3, 0.4) is 0 Å². The van der Waals surface area contributed by atoms with Crippen LogP contribution in [-0.4, -0.2) is 19.1 Å². The zero-order chi connectivity index (χ0) is 15.1. The summed E-state index contributed by atoms with van der Waals surface area (Å²) in [5.74, 6) is 0.122. The molecule has 0 saturated carbocycles. The number of nitrogens with one attached hydrogen (secondary N) is 2. The van der Waals surface area contributed by atoms with Crippen LogP contribution in [0, 0.1) is 5.82 Å². The zero-order valence-electron chi connectivity index (χ0n) is 11.7. The predicted molar refractivity (Wildman–Crippen MR) is 81.1 cm³/mol. The molecule has 0 aliphatic carbocycles. The summed E-state index contributed by atoms with van der Waals surface area (Å²) in [5, 5.41) is 5.70. The van der Waals surface area contributed by atoms with Crippen LogP contribution < -0.4 is 15.4 Å². The summed E-state index contributed by atoms with van der Waals surface area (Å²) < 4.78 is 18.2. The minimum Gasteiger partial charge on any atom is -0.492 e. The lowest BCUT2D eigenvalue weighted by molar-refractivity contribution is -0.114. The number of hydrogen-bond acceptors (Lipinski definition) is 3. The fraction of sp³-hybridized carbons (Fsp3) is 0.188. The van der Waals surface area contributed by atoms with Crippen molar-refractivity contribution in [1.29, 1.82) is 0 Å². The van der Waals surface area contributed by atoms with Gasteiger partial charge in [-0.25, -0.2) is 4.39 Å². The Hall–Kier alpha value is -2.56. The van der Waals surface area contributed by atoms with E-state index < -0.39 is 0 Å². The number of carbonyl (C=O) groups excluding carboxylic acids is 1. The Morgan fingerprint density at radius 2 is 1.86 bits per heavy atom. The van der Waals surface area contributed by atoms with Gasteiger partial charge in [-0.1, -0.05) is 12.1 Å². The van der Waals surface area contributed by atoms with E-state index in [-0.39, 0.29) is 18.3 Å². The first-order chi connectivity index (χ1) is 10.2. The van der Waals surface area contributed by atoms with Crippen molar-refractivity contribution in [3.63, 3.8) is 0 Å². The molecule has 0 spiro atoms. The average molecular weight is 288 g/mol. The molecule has 21 heavy (non-hydrogen) atoms. The number of benzene rings is 2. The molecule has 2 rings (SSSR count). The molecule has 0 saturated heterocycles. The maximum absolute atomic E-state index is 12.8. The fourth-order valence-corrected chi connectivity index (χ4v) is 1.80. The first-order valence-corrected chi connectivity index (χ1v) is 6.70. The molecule has 0 aliphatic rings. The lowest BCUT2D eigenvalue weighted by Gasteiger charge is -2.12. The molecule has 5 heteroatoms. The van der Waals surface area contributed by atoms with Gasteiger partial charge in [0.25, 0.3) is 0 Å².